The Hall–Kier alpha value is -0.280. The molecule has 7 heteroatoms. The average molecular weight is 394 g/mol. The molecule has 1 aromatic rings. The number of anilines is 1. The third-order valence-electron chi connectivity index (χ3n) is 3.17. The Labute approximate surface area is 124 Å². The van der Waals surface area contributed by atoms with Gasteiger partial charge in [-0.15, -0.1) is 0 Å². The number of halogens is 1. The predicted octanol–water partition coefficient (Wildman–Crippen LogP) is 1.94. The molecule has 1 aromatic carbocycles. The van der Waals surface area contributed by atoms with Crippen molar-refractivity contribution in [1.29, 1.82) is 5.41 Å². The fourth-order valence-electron chi connectivity index (χ4n) is 2.44. The highest BCUT2D eigenvalue weighted by Crippen LogP contribution is 2.40. The Balaban J connectivity index is 1.99. The van der Waals surface area contributed by atoms with Crippen molar-refractivity contribution in [1.82, 2.24) is 0 Å². The van der Waals surface area contributed by atoms with Crippen LogP contribution in [0.25, 0.3) is 0 Å². The molecule has 4 nitrogen and oxygen atoms in total. The molecule has 2 saturated heterocycles. The molecule has 18 heavy (non-hydrogen) atoms. The summed E-state index contributed by atoms with van der Waals surface area (Å²) >= 11 is 3.60. The number of fused-ring (bicyclic) bond motifs is 1. The number of amidine groups is 1. The molecule has 0 radical (unpaired) electrons. The van der Waals surface area contributed by atoms with E-state index in [0.29, 0.717) is 5.17 Å². The molecule has 2 aliphatic rings. The molecule has 2 fully saturated rings. The van der Waals surface area contributed by atoms with E-state index >= 15 is 0 Å². The lowest BCUT2D eigenvalue weighted by atomic mass is 10.2. The van der Waals surface area contributed by atoms with Gasteiger partial charge >= 0.3 is 0 Å². The van der Waals surface area contributed by atoms with Crippen molar-refractivity contribution >= 4 is 55.0 Å². The van der Waals surface area contributed by atoms with Crippen LogP contribution in [0.5, 0.6) is 0 Å². The average Bonchev–Trinajstić information content (AvgIpc) is 2.68. The van der Waals surface area contributed by atoms with Gasteiger partial charge in [-0.05, 0) is 40.8 Å². The van der Waals surface area contributed by atoms with Crippen LogP contribution in [-0.2, 0) is 9.84 Å². The topological polar surface area (TPSA) is 61.2 Å². The number of benzene rings is 1. The van der Waals surface area contributed by atoms with Crippen LogP contribution in [0.2, 0.25) is 0 Å². The number of nitrogens with zero attached hydrogens (tertiary/aromatic N) is 1. The third-order valence-corrected chi connectivity index (χ3v) is 6.97. The smallest absolute Gasteiger partial charge is 0.161 e. The summed E-state index contributed by atoms with van der Waals surface area (Å²) in [5.74, 6) is 0.365. The molecule has 0 aliphatic carbocycles. The molecule has 2 heterocycles. The van der Waals surface area contributed by atoms with Crippen LogP contribution >= 0.6 is 34.4 Å². The standard InChI is InChI=1S/C11H11IN2O2S2/c12-7-2-1-3-8(4-7)14-9-5-18(15,16)6-10(9)17-11(14)13/h1-4,9-10,13H,5-6H2/t9-,10-/m0/s1. The number of hydrogen-bond acceptors (Lipinski definition) is 4. The van der Waals surface area contributed by atoms with Crippen LogP contribution in [0, 0.1) is 8.98 Å². The van der Waals surface area contributed by atoms with Crippen LogP contribution in [0.1, 0.15) is 0 Å². The van der Waals surface area contributed by atoms with E-state index in [2.05, 4.69) is 22.6 Å². The number of nitrogens with one attached hydrogen (secondary N) is 1. The van der Waals surface area contributed by atoms with Gasteiger partial charge < -0.3 is 4.90 Å². The first-order chi connectivity index (χ1) is 8.46. The monoisotopic (exact) mass is 394 g/mol. The van der Waals surface area contributed by atoms with Crippen molar-refractivity contribution in [2.45, 2.75) is 11.3 Å². The van der Waals surface area contributed by atoms with Gasteiger partial charge in [-0.2, -0.15) is 0 Å². The molecule has 2 atom stereocenters. The van der Waals surface area contributed by atoms with E-state index in [-0.39, 0.29) is 22.8 Å². The fraction of sp³-hybridized carbons (Fsp3) is 0.364. The summed E-state index contributed by atoms with van der Waals surface area (Å²) in [7, 11) is -2.94. The zero-order chi connectivity index (χ0) is 12.9. The number of hydrogen-bond donors (Lipinski definition) is 1. The van der Waals surface area contributed by atoms with Gasteiger partial charge in [0.2, 0.25) is 0 Å². The van der Waals surface area contributed by atoms with Crippen molar-refractivity contribution < 1.29 is 8.42 Å². The highest BCUT2D eigenvalue weighted by atomic mass is 127. The quantitative estimate of drug-likeness (QED) is 0.740. The lowest BCUT2D eigenvalue weighted by Crippen LogP contribution is -2.37. The first-order valence-electron chi connectivity index (χ1n) is 5.47. The van der Waals surface area contributed by atoms with Gasteiger partial charge in [0.05, 0.1) is 17.5 Å². The summed E-state index contributed by atoms with van der Waals surface area (Å²) in [4.78, 5) is 1.86. The van der Waals surface area contributed by atoms with E-state index in [0.717, 1.165) is 9.26 Å². The first-order valence-corrected chi connectivity index (χ1v) is 9.25. The summed E-state index contributed by atoms with van der Waals surface area (Å²) in [5, 5.41) is 8.51. The number of sulfone groups is 1. The van der Waals surface area contributed by atoms with Gasteiger partial charge in [0.25, 0.3) is 0 Å². The Morgan fingerprint density at radius 1 is 1.39 bits per heavy atom. The molecule has 2 aliphatic heterocycles. The first kappa shape index (κ1) is 12.7. The SMILES string of the molecule is N=C1S[C@H]2CS(=O)(=O)C[C@@H]2N1c1cccc(I)c1. The van der Waals surface area contributed by atoms with Crippen molar-refractivity contribution in [2.75, 3.05) is 16.4 Å². The highest BCUT2D eigenvalue weighted by Gasteiger charge is 2.48. The van der Waals surface area contributed by atoms with E-state index in [1.807, 2.05) is 29.2 Å². The summed E-state index contributed by atoms with van der Waals surface area (Å²) in [6.07, 6.45) is 0. The van der Waals surface area contributed by atoms with Gasteiger partial charge in [-0.1, -0.05) is 17.8 Å². The Bertz CT molecular complexity index is 617. The second kappa shape index (κ2) is 4.38. The number of thioether (sulfide) groups is 1. The molecule has 0 saturated carbocycles. The van der Waals surface area contributed by atoms with Gasteiger partial charge in [-0.25, -0.2) is 8.42 Å². The van der Waals surface area contributed by atoms with E-state index in [9.17, 15) is 8.42 Å². The zero-order valence-corrected chi connectivity index (χ0v) is 13.1. The molecule has 96 valence electrons. The summed E-state index contributed by atoms with van der Waals surface area (Å²) in [5.41, 5.74) is 0.920. The second-order valence-corrected chi connectivity index (χ2v) is 9.08. The molecule has 0 amide bonds. The maximum atomic E-state index is 11.7. The second-order valence-electron chi connectivity index (χ2n) is 4.46. The minimum Gasteiger partial charge on any atom is -0.316 e. The normalized spacial score (nSPS) is 29.6. The number of rotatable bonds is 1. The van der Waals surface area contributed by atoms with Crippen LogP contribution in [0.3, 0.4) is 0 Å². The Morgan fingerprint density at radius 2 is 2.17 bits per heavy atom. The third kappa shape index (κ3) is 2.16. The van der Waals surface area contributed by atoms with Crippen molar-refractivity contribution in [2.24, 2.45) is 0 Å². The molecule has 0 aromatic heterocycles. The molecular formula is C11H11IN2O2S2. The van der Waals surface area contributed by atoms with Gasteiger partial charge in [0.1, 0.15) is 0 Å². The highest BCUT2D eigenvalue weighted by molar-refractivity contribution is 14.1. The van der Waals surface area contributed by atoms with Crippen molar-refractivity contribution in [3.05, 3.63) is 27.8 Å². The Morgan fingerprint density at radius 3 is 2.89 bits per heavy atom. The van der Waals surface area contributed by atoms with E-state index in [4.69, 9.17) is 5.41 Å². The van der Waals surface area contributed by atoms with Crippen LogP contribution in [0.15, 0.2) is 24.3 Å². The van der Waals surface area contributed by atoms with Gasteiger partial charge in [0, 0.05) is 14.5 Å². The summed E-state index contributed by atoms with van der Waals surface area (Å²) in [6.45, 7) is 0. The van der Waals surface area contributed by atoms with Crippen molar-refractivity contribution in [3.63, 3.8) is 0 Å². The van der Waals surface area contributed by atoms with Gasteiger partial charge in [0.15, 0.2) is 15.0 Å². The predicted molar refractivity (Wildman–Crippen MR) is 83.2 cm³/mol. The minimum absolute atomic E-state index is 0.0142. The maximum Gasteiger partial charge on any atom is 0.161 e. The largest absolute Gasteiger partial charge is 0.316 e. The lowest BCUT2D eigenvalue weighted by Gasteiger charge is -2.23. The van der Waals surface area contributed by atoms with Crippen LogP contribution < -0.4 is 4.90 Å². The van der Waals surface area contributed by atoms with Gasteiger partial charge in [-0.3, -0.25) is 5.41 Å². The molecular weight excluding hydrogens is 383 g/mol. The lowest BCUT2D eigenvalue weighted by molar-refractivity contribution is 0.601. The molecule has 0 bridgehead atoms. The van der Waals surface area contributed by atoms with Crippen LogP contribution in [-0.4, -0.2) is 36.4 Å². The zero-order valence-electron chi connectivity index (χ0n) is 9.34. The summed E-state index contributed by atoms with van der Waals surface area (Å²) in [6, 6.07) is 7.77. The van der Waals surface area contributed by atoms with E-state index in [1.165, 1.54) is 11.8 Å². The molecule has 1 N–H and O–H groups in total. The molecule has 0 unspecified atom stereocenters. The van der Waals surface area contributed by atoms with E-state index in [1.54, 1.807) is 0 Å². The summed E-state index contributed by atoms with van der Waals surface area (Å²) < 4.78 is 24.5. The molecule has 0 spiro atoms. The Kier molecular flexibility index (Phi) is 3.10. The van der Waals surface area contributed by atoms with Crippen LogP contribution in [0.4, 0.5) is 5.69 Å². The maximum absolute atomic E-state index is 11.7. The fourth-order valence-corrected chi connectivity index (χ4v) is 6.76. The van der Waals surface area contributed by atoms with Crippen molar-refractivity contribution in [3.8, 4) is 0 Å². The minimum atomic E-state index is -2.94. The van der Waals surface area contributed by atoms with E-state index < -0.39 is 9.84 Å². The molecule has 3 rings (SSSR count).